The molecule has 0 saturated heterocycles. The molecule has 2 aromatic carbocycles. The van der Waals surface area contributed by atoms with Crippen molar-refractivity contribution in [1.29, 1.82) is 0 Å². The fourth-order valence-electron chi connectivity index (χ4n) is 1.58. The zero-order chi connectivity index (χ0) is 11.7. The van der Waals surface area contributed by atoms with Gasteiger partial charge in [-0.3, -0.25) is 0 Å². The van der Waals surface area contributed by atoms with E-state index in [-0.39, 0.29) is 0 Å². The van der Waals surface area contributed by atoms with Crippen LogP contribution in [0.15, 0.2) is 48.5 Å². The standard InChI is InChI=1S/C13H8INOS/c14-9-4-3-5-10(8-9)16-13-11-6-1-2-7-12(11)15-17-13/h1-8H. The maximum absolute atomic E-state index is 5.86. The lowest BCUT2D eigenvalue weighted by Gasteiger charge is -2.02. The molecule has 3 aromatic rings. The third-order valence-corrected chi connectivity index (χ3v) is 3.79. The third kappa shape index (κ3) is 2.28. The molecule has 17 heavy (non-hydrogen) atoms. The molecule has 0 amide bonds. The Labute approximate surface area is 117 Å². The molecular formula is C13H8INOS. The summed E-state index contributed by atoms with van der Waals surface area (Å²) >= 11 is 3.66. The van der Waals surface area contributed by atoms with Gasteiger partial charge in [0.05, 0.1) is 10.9 Å². The Morgan fingerprint density at radius 3 is 2.82 bits per heavy atom. The molecule has 3 rings (SSSR count). The van der Waals surface area contributed by atoms with Crippen LogP contribution in [-0.4, -0.2) is 4.37 Å². The molecule has 4 heteroatoms. The third-order valence-electron chi connectivity index (χ3n) is 2.36. The van der Waals surface area contributed by atoms with Gasteiger partial charge in [0.1, 0.15) is 5.75 Å². The number of rotatable bonds is 2. The molecule has 0 aliphatic carbocycles. The molecule has 0 radical (unpaired) electrons. The lowest BCUT2D eigenvalue weighted by molar-refractivity contribution is 0.501. The highest BCUT2D eigenvalue weighted by molar-refractivity contribution is 14.1. The average molecular weight is 353 g/mol. The summed E-state index contributed by atoms with van der Waals surface area (Å²) in [7, 11) is 0. The normalized spacial score (nSPS) is 10.6. The second-order valence-electron chi connectivity index (χ2n) is 3.55. The summed E-state index contributed by atoms with van der Waals surface area (Å²) < 4.78 is 11.4. The highest BCUT2D eigenvalue weighted by atomic mass is 127. The van der Waals surface area contributed by atoms with Crippen molar-refractivity contribution in [3.05, 3.63) is 52.1 Å². The predicted molar refractivity (Wildman–Crippen MR) is 78.9 cm³/mol. The molecule has 1 heterocycles. The molecule has 0 atom stereocenters. The summed E-state index contributed by atoms with van der Waals surface area (Å²) in [6, 6.07) is 16.0. The van der Waals surface area contributed by atoms with Crippen molar-refractivity contribution in [2.45, 2.75) is 0 Å². The second kappa shape index (κ2) is 4.62. The van der Waals surface area contributed by atoms with Gasteiger partial charge in [-0.15, -0.1) is 0 Å². The van der Waals surface area contributed by atoms with Crippen LogP contribution in [0.1, 0.15) is 0 Å². The first-order valence-electron chi connectivity index (χ1n) is 5.11. The molecular weight excluding hydrogens is 345 g/mol. The van der Waals surface area contributed by atoms with Gasteiger partial charge in [-0.2, -0.15) is 4.37 Å². The quantitative estimate of drug-likeness (QED) is 0.624. The minimum absolute atomic E-state index is 0.850. The Morgan fingerprint density at radius 2 is 1.94 bits per heavy atom. The van der Waals surface area contributed by atoms with Crippen LogP contribution in [0.25, 0.3) is 10.9 Å². The molecule has 0 spiro atoms. The Bertz CT molecular complexity index is 665. The van der Waals surface area contributed by atoms with E-state index in [9.17, 15) is 0 Å². The molecule has 2 nitrogen and oxygen atoms in total. The van der Waals surface area contributed by atoms with Gasteiger partial charge in [0, 0.05) is 15.1 Å². The molecule has 0 fully saturated rings. The summed E-state index contributed by atoms with van der Waals surface area (Å²) in [6.45, 7) is 0. The van der Waals surface area contributed by atoms with Gasteiger partial charge in [0.2, 0.25) is 5.06 Å². The van der Waals surface area contributed by atoms with Crippen molar-refractivity contribution >= 4 is 45.0 Å². The fraction of sp³-hybridized carbons (Fsp3) is 0. The lowest BCUT2D eigenvalue weighted by atomic mass is 10.2. The largest absolute Gasteiger partial charge is 0.444 e. The zero-order valence-corrected chi connectivity index (χ0v) is 11.7. The Morgan fingerprint density at radius 1 is 1.06 bits per heavy atom. The van der Waals surface area contributed by atoms with Crippen LogP contribution in [0.2, 0.25) is 0 Å². The van der Waals surface area contributed by atoms with Crippen molar-refractivity contribution in [3.63, 3.8) is 0 Å². The maximum atomic E-state index is 5.86. The summed E-state index contributed by atoms with van der Waals surface area (Å²) in [5.74, 6) is 0.853. The SMILES string of the molecule is Ic1cccc(Oc2snc3ccccc23)c1. The van der Waals surface area contributed by atoms with E-state index < -0.39 is 0 Å². The van der Waals surface area contributed by atoms with Crippen LogP contribution in [0.4, 0.5) is 0 Å². The van der Waals surface area contributed by atoms with E-state index in [0.717, 1.165) is 25.3 Å². The van der Waals surface area contributed by atoms with Crippen molar-refractivity contribution in [3.8, 4) is 10.8 Å². The van der Waals surface area contributed by atoms with Crippen LogP contribution >= 0.6 is 34.1 Å². The lowest BCUT2D eigenvalue weighted by Crippen LogP contribution is -1.81. The number of hydrogen-bond donors (Lipinski definition) is 0. The number of nitrogens with zero attached hydrogens (tertiary/aromatic N) is 1. The van der Waals surface area contributed by atoms with Crippen LogP contribution in [0, 0.1) is 3.57 Å². The number of fused-ring (bicyclic) bond motifs is 1. The zero-order valence-electron chi connectivity index (χ0n) is 8.76. The van der Waals surface area contributed by atoms with E-state index in [1.165, 1.54) is 11.5 Å². The van der Waals surface area contributed by atoms with Gasteiger partial charge in [-0.25, -0.2) is 0 Å². The van der Waals surface area contributed by atoms with Gasteiger partial charge in [-0.1, -0.05) is 18.2 Å². The average Bonchev–Trinajstić information content (AvgIpc) is 2.73. The molecule has 0 saturated carbocycles. The molecule has 1 aromatic heterocycles. The number of hydrogen-bond acceptors (Lipinski definition) is 3. The minimum atomic E-state index is 0.850. The van der Waals surface area contributed by atoms with Crippen LogP contribution < -0.4 is 4.74 Å². The fourth-order valence-corrected chi connectivity index (χ4v) is 2.84. The number of ether oxygens (including phenoxy) is 1. The summed E-state index contributed by atoms with van der Waals surface area (Å²) in [4.78, 5) is 0. The molecule has 0 unspecified atom stereocenters. The van der Waals surface area contributed by atoms with Gasteiger partial charge in [-0.05, 0) is 52.9 Å². The van der Waals surface area contributed by atoms with E-state index >= 15 is 0 Å². The van der Waals surface area contributed by atoms with E-state index in [2.05, 4.69) is 27.0 Å². The van der Waals surface area contributed by atoms with Crippen molar-refractivity contribution in [2.24, 2.45) is 0 Å². The second-order valence-corrected chi connectivity index (χ2v) is 5.53. The summed E-state index contributed by atoms with van der Waals surface area (Å²) in [5.41, 5.74) is 0.984. The van der Waals surface area contributed by atoms with Crippen LogP contribution in [0.3, 0.4) is 0 Å². The number of halogens is 1. The summed E-state index contributed by atoms with van der Waals surface area (Å²) in [6.07, 6.45) is 0. The minimum Gasteiger partial charge on any atom is -0.444 e. The van der Waals surface area contributed by atoms with E-state index in [4.69, 9.17) is 4.74 Å². The Kier molecular flexibility index (Phi) is 2.98. The predicted octanol–water partition coefficient (Wildman–Crippen LogP) is 4.69. The Balaban J connectivity index is 2.00. The van der Waals surface area contributed by atoms with Crippen molar-refractivity contribution in [2.75, 3.05) is 0 Å². The Hall–Kier alpha value is -1.14. The van der Waals surface area contributed by atoms with Crippen LogP contribution in [0.5, 0.6) is 10.8 Å². The van der Waals surface area contributed by atoms with Gasteiger partial charge >= 0.3 is 0 Å². The molecule has 84 valence electrons. The highest BCUT2D eigenvalue weighted by Crippen LogP contribution is 2.33. The molecule has 0 bridgehead atoms. The number of aromatic nitrogens is 1. The monoisotopic (exact) mass is 353 g/mol. The topological polar surface area (TPSA) is 22.1 Å². The first kappa shape index (κ1) is 11.0. The molecule has 0 aliphatic heterocycles. The van der Waals surface area contributed by atoms with E-state index in [1.54, 1.807) is 0 Å². The van der Waals surface area contributed by atoms with Crippen molar-refractivity contribution in [1.82, 2.24) is 4.37 Å². The van der Waals surface area contributed by atoms with Gasteiger partial charge in [0.25, 0.3) is 0 Å². The van der Waals surface area contributed by atoms with Gasteiger partial charge < -0.3 is 4.74 Å². The first-order chi connectivity index (χ1) is 8.33. The number of benzene rings is 2. The maximum Gasteiger partial charge on any atom is 0.207 e. The molecule has 0 N–H and O–H groups in total. The summed E-state index contributed by atoms with van der Waals surface area (Å²) in [5, 5.41) is 1.92. The van der Waals surface area contributed by atoms with Crippen LogP contribution in [-0.2, 0) is 0 Å². The van der Waals surface area contributed by atoms with Crippen molar-refractivity contribution < 1.29 is 4.74 Å². The van der Waals surface area contributed by atoms with E-state index in [1.807, 2.05) is 48.5 Å². The van der Waals surface area contributed by atoms with Gasteiger partial charge in [0.15, 0.2) is 0 Å². The van der Waals surface area contributed by atoms with E-state index in [0.29, 0.717) is 0 Å². The smallest absolute Gasteiger partial charge is 0.207 e. The molecule has 0 aliphatic rings. The first-order valence-corrected chi connectivity index (χ1v) is 6.96. The highest BCUT2D eigenvalue weighted by Gasteiger charge is 2.07.